The number of benzene rings is 2. The van der Waals surface area contributed by atoms with Gasteiger partial charge in [-0.15, -0.1) is 23.5 Å². The largest absolute Gasteiger partial charge is 0.113 e. The Balaban J connectivity index is 2.33. The van der Waals surface area contributed by atoms with E-state index in [-0.39, 0.29) is 0 Å². The first kappa shape index (κ1) is 21.7. The summed E-state index contributed by atoms with van der Waals surface area (Å²) in [5.74, 6) is 0. The van der Waals surface area contributed by atoms with Gasteiger partial charge in [-0.2, -0.15) is 0 Å². The van der Waals surface area contributed by atoms with Crippen LogP contribution in [0.4, 0.5) is 0 Å². The van der Waals surface area contributed by atoms with Gasteiger partial charge in [0, 0.05) is 37.5 Å². The van der Waals surface area contributed by atoms with Gasteiger partial charge in [0.2, 0.25) is 0 Å². The Kier molecular flexibility index (Phi) is 10.0. The summed E-state index contributed by atoms with van der Waals surface area (Å²) in [5.41, 5.74) is 0. The zero-order chi connectivity index (χ0) is 17.0. The van der Waals surface area contributed by atoms with E-state index in [1.807, 2.05) is 0 Å². The zero-order valence-electron chi connectivity index (χ0n) is 11.2. The number of rotatable bonds is 6. The number of halogens is 6. The van der Waals surface area contributed by atoms with Gasteiger partial charge in [-0.3, -0.25) is 0 Å². The van der Waals surface area contributed by atoms with E-state index in [1.165, 1.54) is 19.6 Å². The van der Waals surface area contributed by atoms with Crippen molar-refractivity contribution in [3.05, 3.63) is 42.2 Å². The molecule has 0 radical (unpaired) electrons. The molecule has 0 aromatic heterocycles. The summed E-state index contributed by atoms with van der Waals surface area (Å²) in [4.78, 5) is 4.76. The maximum atomic E-state index is 3.71. The maximum Gasteiger partial charge on any atom is 0.0538 e. The zero-order valence-corrected chi connectivity index (χ0v) is 23.2. The molecule has 2 aromatic carbocycles. The molecule has 0 heterocycles. The van der Waals surface area contributed by atoms with Crippen molar-refractivity contribution in [3.63, 3.8) is 0 Å². The third-order valence-corrected chi connectivity index (χ3v) is 12.1. The quantitative estimate of drug-likeness (QED) is 0.213. The van der Waals surface area contributed by atoms with Gasteiger partial charge >= 0.3 is 0 Å². The average molecular weight is 752 g/mol. The van der Waals surface area contributed by atoms with Crippen molar-refractivity contribution in [1.29, 1.82) is 0 Å². The fourth-order valence-corrected chi connectivity index (χ4v) is 8.12. The smallest absolute Gasteiger partial charge is 0.0538 e. The van der Waals surface area contributed by atoms with Crippen molar-refractivity contribution in [3.8, 4) is 0 Å². The first-order chi connectivity index (χ1) is 11.0. The first-order valence-electron chi connectivity index (χ1n) is 6.01. The Hall–Kier alpha value is 2.37. The number of alkyl halides is 2. The molecule has 0 amide bonds. The Morgan fingerprint density at radius 2 is 0.870 bits per heavy atom. The molecule has 2 rings (SSSR count). The van der Waals surface area contributed by atoms with Crippen LogP contribution in [0.5, 0.6) is 0 Å². The minimum absolute atomic E-state index is 0.871. The summed E-state index contributed by atoms with van der Waals surface area (Å²) in [6.07, 6.45) is 0. The topological polar surface area (TPSA) is 0 Å². The van der Waals surface area contributed by atoms with Crippen LogP contribution in [0, 0.1) is 0 Å². The average Bonchev–Trinajstić information content (AvgIpc) is 2.54. The van der Waals surface area contributed by atoms with E-state index in [2.05, 4.69) is 120 Å². The lowest BCUT2D eigenvalue weighted by Crippen LogP contribution is -1.85. The fraction of sp³-hybridized carbons (Fsp3) is 0.143. The molecule has 0 unspecified atom stereocenters. The summed E-state index contributed by atoms with van der Waals surface area (Å²) < 4.78 is 6.08. The Bertz CT molecular complexity index is 648. The molecule has 9 heteroatoms. The molecule has 0 aliphatic rings. The molecule has 0 aliphatic carbocycles. The van der Waals surface area contributed by atoms with Gasteiger partial charge in [0.15, 0.2) is 0 Å². The fourth-order valence-electron chi connectivity index (χ4n) is 1.64. The van der Waals surface area contributed by atoms with E-state index < -0.39 is 0 Å². The molecule has 0 N–H and O–H groups in total. The van der Waals surface area contributed by atoms with E-state index >= 15 is 0 Å². The molecule has 0 fully saturated rings. The van der Waals surface area contributed by atoms with Crippen LogP contribution in [0.3, 0.4) is 0 Å². The molecule has 23 heavy (non-hydrogen) atoms. The summed E-state index contributed by atoms with van der Waals surface area (Å²) in [6, 6.07) is 8.57. The van der Waals surface area contributed by atoms with Crippen molar-refractivity contribution in [1.82, 2.24) is 0 Å². The van der Waals surface area contributed by atoms with Gasteiger partial charge in [-0.25, -0.2) is 0 Å². The monoisotopic (exact) mass is 745 g/mol. The van der Waals surface area contributed by atoms with E-state index in [9.17, 15) is 0 Å². The van der Waals surface area contributed by atoms with Gasteiger partial charge in [-0.1, -0.05) is 43.6 Å². The molecule has 124 valence electrons. The van der Waals surface area contributed by atoms with E-state index in [0.29, 0.717) is 0 Å². The van der Waals surface area contributed by atoms with Gasteiger partial charge in [-0.05, 0) is 88.0 Å². The number of hydrogen-bond donors (Lipinski definition) is 0. The van der Waals surface area contributed by atoms with Crippen LogP contribution in [0.15, 0.2) is 61.7 Å². The van der Waals surface area contributed by atoms with Gasteiger partial charge in [0.05, 0.1) is 9.32 Å². The van der Waals surface area contributed by atoms with Gasteiger partial charge in [0.25, 0.3) is 0 Å². The second-order valence-electron chi connectivity index (χ2n) is 3.99. The SMILES string of the molecule is BrCSc1ccc(Sc2ccc(SCBr)c(Br)c2Br)c(Br)c1Br. The lowest BCUT2D eigenvalue weighted by atomic mass is 10.4. The van der Waals surface area contributed by atoms with Crippen LogP contribution in [0.1, 0.15) is 0 Å². The number of thioether (sulfide) groups is 2. The molecular weight excluding hydrogens is 744 g/mol. The van der Waals surface area contributed by atoms with Crippen LogP contribution in [0.25, 0.3) is 0 Å². The third kappa shape index (κ3) is 5.67. The molecule has 0 atom stereocenters. The van der Waals surface area contributed by atoms with E-state index in [1.54, 1.807) is 35.3 Å². The summed E-state index contributed by atoms with van der Waals surface area (Å²) >= 11 is 26.9. The van der Waals surface area contributed by atoms with Crippen LogP contribution in [-0.4, -0.2) is 9.32 Å². The Labute approximate surface area is 199 Å². The van der Waals surface area contributed by atoms with Gasteiger partial charge in [0.1, 0.15) is 0 Å². The van der Waals surface area contributed by atoms with E-state index in [4.69, 9.17) is 0 Å². The van der Waals surface area contributed by atoms with Crippen molar-refractivity contribution >= 4 is 131 Å². The second kappa shape index (κ2) is 10.6. The molecule has 2 aromatic rings. The highest BCUT2D eigenvalue weighted by molar-refractivity contribution is 9.13. The van der Waals surface area contributed by atoms with Crippen LogP contribution in [0.2, 0.25) is 0 Å². The highest BCUT2D eigenvalue weighted by Gasteiger charge is 2.14. The number of hydrogen-bond acceptors (Lipinski definition) is 3. The molecule has 0 nitrogen and oxygen atoms in total. The lowest BCUT2D eigenvalue weighted by Gasteiger charge is -2.13. The first-order valence-corrected chi connectivity index (χ1v) is 14.2. The second-order valence-corrected chi connectivity index (χ2v) is 12.9. The molecule has 0 saturated heterocycles. The normalized spacial score (nSPS) is 11.0. The molecule has 0 spiro atoms. The Morgan fingerprint density at radius 1 is 0.565 bits per heavy atom. The van der Waals surface area contributed by atoms with Crippen molar-refractivity contribution in [2.24, 2.45) is 0 Å². The molecule has 0 saturated carbocycles. The standard InChI is InChI=1S/C14H8Br6S3/c15-5-21-7-1-3-9(13(19)11(7)17)23-10-4-2-8(22-6-16)12(18)14(10)20/h1-4H,5-6H2. The highest BCUT2D eigenvalue weighted by Crippen LogP contribution is 2.46. The van der Waals surface area contributed by atoms with Crippen LogP contribution in [-0.2, 0) is 0 Å². The van der Waals surface area contributed by atoms with E-state index in [0.717, 1.165) is 27.2 Å². The van der Waals surface area contributed by atoms with Gasteiger partial charge < -0.3 is 0 Å². The molecule has 0 bridgehead atoms. The van der Waals surface area contributed by atoms with Crippen LogP contribution < -0.4 is 0 Å². The predicted octanol–water partition coefficient (Wildman–Crippen LogP) is 9.78. The maximum absolute atomic E-state index is 3.71. The minimum Gasteiger partial charge on any atom is -0.113 e. The molecular formula is C14H8Br6S3. The summed E-state index contributed by atoms with van der Waals surface area (Å²) in [6.45, 7) is 0. The minimum atomic E-state index is 0.871. The molecule has 0 aliphatic heterocycles. The van der Waals surface area contributed by atoms with Crippen molar-refractivity contribution < 1.29 is 0 Å². The summed E-state index contributed by atoms with van der Waals surface area (Å²) in [5, 5.41) is 0. The predicted molar refractivity (Wildman–Crippen MR) is 127 cm³/mol. The third-order valence-electron chi connectivity index (χ3n) is 2.66. The van der Waals surface area contributed by atoms with Crippen molar-refractivity contribution in [2.45, 2.75) is 19.6 Å². The van der Waals surface area contributed by atoms with Crippen molar-refractivity contribution in [2.75, 3.05) is 9.32 Å². The lowest BCUT2D eigenvalue weighted by molar-refractivity contribution is 1.24. The van der Waals surface area contributed by atoms with Crippen LogP contribution >= 0.6 is 131 Å². The highest BCUT2D eigenvalue weighted by atomic mass is 79.9. The summed E-state index contributed by atoms with van der Waals surface area (Å²) in [7, 11) is 0. The Morgan fingerprint density at radius 3 is 1.22 bits per heavy atom.